The first-order valence-electron chi connectivity index (χ1n) is 3.64. The molecule has 0 bridgehead atoms. The molecule has 1 aromatic rings. The molecule has 8 heteroatoms. The van der Waals surface area contributed by atoms with E-state index in [0.717, 1.165) is 0 Å². The lowest BCUT2D eigenvalue weighted by Gasteiger charge is -2.11. The summed E-state index contributed by atoms with van der Waals surface area (Å²) < 4.78 is 60.8. The third kappa shape index (κ3) is 2.25. The Hall–Kier alpha value is -1.60. The highest BCUT2D eigenvalue weighted by Crippen LogP contribution is 2.34. The number of nitrogens with two attached hydrogens (primary N) is 2. The van der Waals surface area contributed by atoms with E-state index in [-0.39, 0.29) is 0 Å². The molecule has 1 rings (SSSR count). The summed E-state index contributed by atoms with van der Waals surface area (Å²) in [4.78, 5) is 2.72. The number of alkyl halides is 5. The summed E-state index contributed by atoms with van der Waals surface area (Å²) in [6, 6.07) is 0.418. The van der Waals surface area contributed by atoms with Gasteiger partial charge in [0.15, 0.2) is 0 Å². The number of pyridine rings is 1. The SMILES string of the molecule is Nc1cc(C(F)(F)F)nc(C(F)F)c1N. The Bertz CT molecular complexity index is 374. The van der Waals surface area contributed by atoms with E-state index in [9.17, 15) is 22.0 Å². The van der Waals surface area contributed by atoms with Gasteiger partial charge in [-0.05, 0) is 6.07 Å². The van der Waals surface area contributed by atoms with Crippen LogP contribution < -0.4 is 11.5 Å². The molecule has 0 radical (unpaired) electrons. The summed E-state index contributed by atoms with van der Waals surface area (Å²) >= 11 is 0. The number of nitrogen functional groups attached to an aromatic ring is 2. The highest BCUT2D eigenvalue weighted by atomic mass is 19.4. The maximum atomic E-state index is 12.2. The fourth-order valence-corrected chi connectivity index (χ4v) is 0.907. The first-order valence-corrected chi connectivity index (χ1v) is 3.64. The van der Waals surface area contributed by atoms with E-state index in [1.165, 1.54) is 0 Å². The summed E-state index contributed by atoms with van der Waals surface area (Å²) in [6.07, 6.45) is -8.03. The van der Waals surface area contributed by atoms with Gasteiger partial charge in [-0.1, -0.05) is 0 Å². The van der Waals surface area contributed by atoms with Gasteiger partial charge in [0.1, 0.15) is 11.4 Å². The fourth-order valence-electron chi connectivity index (χ4n) is 0.907. The van der Waals surface area contributed by atoms with Gasteiger partial charge in [0, 0.05) is 0 Å². The quantitative estimate of drug-likeness (QED) is 0.723. The zero-order valence-electron chi connectivity index (χ0n) is 7.15. The molecule has 15 heavy (non-hydrogen) atoms. The standard InChI is InChI=1S/C7H6F5N3/c8-6(9)5-4(14)2(13)1-3(15-5)7(10,11)12/h1,6H,14H2,(H2,13,15). The van der Waals surface area contributed by atoms with Gasteiger partial charge in [-0.15, -0.1) is 0 Å². The molecular weight excluding hydrogens is 221 g/mol. The average molecular weight is 227 g/mol. The van der Waals surface area contributed by atoms with E-state index in [1.54, 1.807) is 0 Å². The second-order valence-corrected chi connectivity index (χ2v) is 2.69. The minimum atomic E-state index is -4.83. The number of halogens is 5. The molecule has 4 N–H and O–H groups in total. The first-order chi connectivity index (χ1) is 6.73. The van der Waals surface area contributed by atoms with Crippen molar-refractivity contribution in [1.29, 1.82) is 0 Å². The van der Waals surface area contributed by atoms with Crippen LogP contribution in [0.1, 0.15) is 17.8 Å². The van der Waals surface area contributed by atoms with Crippen LogP contribution in [0.25, 0.3) is 0 Å². The predicted molar refractivity (Wildman–Crippen MR) is 43.0 cm³/mol. The molecule has 0 saturated carbocycles. The number of hydrogen-bond acceptors (Lipinski definition) is 3. The van der Waals surface area contributed by atoms with Crippen molar-refractivity contribution in [3.63, 3.8) is 0 Å². The molecule has 1 heterocycles. The molecule has 0 fully saturated rings. The van der Waals surface area contributed by atoms with Gasteiger partial charge in [0.05, 0.1) is 11.4 Å². The largest absolute Gasteiger partial charge is 0.433 e. The van der Waals surface area contributed by atoms with Crippen LogP contribution in [0.2, 0.25) is 0 Å². The number of nitrogens with zero attached hydrogens (tertiary/aromatic N) is 1. The van der Waals surface area contributed by atoms with E-state index < -0.39 is 35.4 Å². The maximum Gasteiger partial charge on any atom is 0.433 e. The number of anilines is 2. The Labute approximate surface area is 80.9 Å². The highest BCUT2D eigenvalue weighted by molar-refractivity contribution is 5.66. The average Bonchev–Trinajstić information content (AvgIpc) is 2.06. The van der Waals surface area contributed by atoms with E-state index in [2.05, 4.69) is 4.98 Å². The topological polar surface area (TPSA) is 64.9 Å². The van der Waals surface area contributed by atoms with Crippen LogP contribution >= 0.6 is 0 Å². The van der Waals surface area contributed by atoms with Crippen molar-refractivity contribution >= 4 is 11.4 Å². The predicted octanol–water partition coefficient (Wildman–Crippen LogP) is 2.20. The smallest absolute Gasteiger partial charge is 0.397 e. The van der Waals surface area contributed by atoms with Crippen LogP contribution in [0.3, 0.4) is 0 Å². The molecule has 0 atom stereocenters. The van der Waals surface area contributed by atoms with Crippen LogP contribution in [-0.4, -0.2) is 4.98 Å². The molecule has 1 aromatic heterocycles. The molecule has 0 saturated heterocycles. The van der Waals surface area contributed by atoms with Gasteiger partial charge in [0.2, 0.25) is 0 Å². The van der Waals surface area contributed by atoms with Crippen LogP contribution in [0.4, 0.5) is 33.3 Å². The number of hydrogen-bond donors (Lipinski definition) is 2. The zero-order chi connectivity index (χ0) is 11.8. The zero-order valence-corrected chi connectivity index (χ0v) is 7.15. The maximum absolute atomic E-state index is 12.2. The van der Waals surface area contributed by atoms with Crippen molar-refractivity contribution in [2.45, 2.75) is 12.6 Å². The lowest BCUT2D eigenvalue weighted by atomic mass is 10.2. The second kappa shape index (κ2) is 3.52. The summed E-state index contributed by atoms with van der Waals surface area (Å²) in [7, 11) is 0. The summed E-state index contributed by atoms with van der Waals surface area (Å²) in [5.74, 6) is 0. The second-order valence-electron chi connectivity index (χ2n) is 2.69. The first kappa shape index (κ1) is 11.5. The Morgan fingerprint density at radius 2 is 1.73 bits per heavy atom. The normalized spacial score (nSPS) is 12.1. The van der Waals surface area contributed by atoms with Crippen LogP contribution in [0.15, 0.2) is 6.07 Å². The number of rotatable bonds is 1. The summed E-state index contributed by atoms with van der Waals surface area (Å²) in [5.41, 5.74) is 6.30. The minimum absolute atomic E-state index is 0.418. The summed E-state index contributed by atoms with van der Waals surface area (Å²) in [6.45, 7) is 0. The molecule has 3 nitrogen and oxygen atoms in total. The molecule has 0 aliphatic rings. The van der Waals surface area contributed by atoms with Gasteiger partial charge in [-0.25, -0.2) is 13.8 Å². The van der Waals surface area contributed by atoms with Crippen molar-refractivity contribution in [2.24, 2.45) is 0 Å². The fraction of sp³-hybridized carbons (Fsp3) is 0.286. The number of aromatic nitrogens is 1. The Morgan fingerprint density at radius 1 is 1.20 bits per heavy atom. The molecule has 0 amide bonds. The Kier molecular flexibility index (Phi) is 2.69. The van der Waals surface area contributed by atoms with Gasteiger partial charge >= 0.3 is 6.18 Å². The molecule has 84 valence electrons. The third-order valence-corrected chi connectivity index (χ3v) is 1.62. The van der Waals surface area contributed by atoms with E-state index in [1.807, 2.05) is 0 Å². The van der Waals surface area contributed by atoms with Gasteiger partial charge in [0.25, 0.3) is 6.43 Å². The van der Waals surface area contributed by atoms with E-state index in [4.69, 9.17) is 11.5 Å². The third-order valence-electron chi connectivity index (χ3n) is 1.62. The van der Waals surface area contributed by atoms with Crippen LogP contribution in [0, 0.1) is 0 Å². The lowest BCUT2D eigenvalue weighted by Crippen LogP contribution is -2.13. The molecule has 0 aliphatic heterocycles. The van der Waals surface area contributed by atoms with Crippen molar-refractivity contribution in [3.05, 3.63) is 17.5 Å². The van der Waals surface area contributed by atoms with Crippen LogP contribution in [-0.2, 0) is 6.18 Å². The minimum Gasteiger partial charge on any atom is -0.397 e. The molecule has 0 aliphatic carbocycles. The van der Waals surface area contributed by atoms with E-state index >= 15 is 0 Å². The van der Waals surface area contributed by atoms with Crippen molar-refractivity contribution in [1.82, 2.24) is 4.98 Å². The highest BCUT2D eigenvalue weighted by Gasteiger charge is 2.34. The monoisotopic (exact) mass is 227 g/mol. The van der Waals surface area contributed by atoms with Crippen LogP contribution in [0.5, 0.6) is 0 Å². The molecule has 0 spiro atoms. The van der Waals surface area contributed by atoms with Crippen molar-refractivity contribution < 1.29 is 22.0 Å². The molecular formula is C7H6F5N3. The van der Waals surface area contributed by atoms with Crippen molar-refractivity contribution in [2.75, 3.05) is 11.5 Å². The Morgan fingerprint density at radius 3 is 2.13 bits per heavy atom. The Balaban J connectivity index is 3.36. The molecule has 0 aromatic carbocycles. The molecule has 0 unspecified atom stereocenters. The summed E-state index contributed by atoms with van der Waals surface area (Å²) in [5, 5.41) is 0. The van der Waals surface area contributed by atoms with Gasteiger partial charge in [-0.3, -0.25) is 0 Å². The lowest BCUT2D eigenvalue weighted by molar-refractivity contribution is -0.141. The van der Waals surface area contributed by atoms with Crippen molar-refractivity contribution in [3.8, 4) is 0 Å². The van der Waals surface area contributed by atoms with Gasteiger partial charge in [-0.2, -0.15) is 13.2 Å². The van der Waals surface area contributed by atoms with E-state index in [0.29, 0.717) is 6.07 Å². The van der Waals surface area contributed by atoms with Gasteiger partial charge < -0.3 is 11.5 Å².